The molecule has 0 spiro atoms. The number of amides is 1. The van der Waals surface area contributed by atoms with Gasteiger partial charge in [-0.25, -0.2) is 4.98 Å². The number of piperidine rings is 1. The molecule has 2 aromatic rings. The molecule has 7 nitrogen and oxygen atoms in total. The van der Waals surface area contributed by atoms with Crippen LogP contribution in [0.1, 0.15) is 31.9 Å². The normalized spacial score (nSPS) is 20.3. The van der Waals surface area contributed by atoms with Gasteiger partial charge >= 0.3 is 0 Å². The number of likely N-dealkylation sites (tertiary alicyclic amines) is 1. The molecule has 124 valence electrons. The second kappa shape index (κ2) is 7.41. The van der Waals surface area contributed by atoms with Gasteiger partial charge in [0.1, 0.15) is 18.4 Å². The van der Waals surface area contributed by atoms with Crippen LogP contribution in [0, 0.1) is 0 Å². The molecule has 0 radical (unpaired) electrons. The summed E-state index contributed by atoms with van der Waals surface area (Å²) in [5, 5.41) is 7.14. The summed E-state index contributed by atoms with van der Waals surface area (Å²) in [7, 11) is 0. The summed E-state index contributed by atoms with van der Waals surface area (Å²) in [6.07, 6.45) is 8.29. The standard InChI is InChI=1S/C16H23N5O2/c1-13(16(22)18-9-15-6-4-8-23-15)21-7-3-2-5-14(21)10-20-12-17-11-19-20/h4,6,8,11-14H,2-3,5,7,9-10H2,1H3,(H,18,22)/t13-,14+/m0/s1. The number of aromatic nitrogens is 3. The van der Waals surface area contributed by atoms with Crippen molar-refractivity contribution in [3.8, 4) is 0 Å². The molecular formula is C16H23N5O2. The topological polar surface area (TPSA) is 76.2 Å². The average molecular weight is 317 g/mol. The van der Waals surface area contributed by atoms with E-state index in [2.05, 4.69) is 20.3 Å². The zero-order chi connectivity index (χ0) is 16.1. The van der Waals surface area contributed by atoms with Gasteiger partial charge in [0, 0.05) is 6.04 Å². The molecule has 1 amide bonds. The fourth-order valence-corrected chi connectivity index (χ4v) is 3.16. The van der Waals surface area contributed by atoms with Crippen LogP contribution in [0.3, 0.4) is 0 Å². The van der Waals surface area contributed by atoms with E-state index >= 15 is 0 Å². The van der Waals surface area contributed by atoms with Crippen LogP contribution in [0.4, 0.5) is 0 Å². The van der Waals surface area contributed by atoms with Crippen molar-refractivity contribution >= 4 is 5.91 Å². The van der Waals surface area contributed by atoms with Crippen molar-refractivity contribution in [1.82, 2.24) is 25.0 Å². The van der Waals surface area contributed by atoms with Gasteiger partial charge in [0.15, 0.2) is 0 Å². The predicted molar refractivity (Wildman–Crippen MR) is 84.4 cm³/mol. The molecule has 2 aromatic heterocycles. The maximum atomic E-state index is 12.5. The Labute approximate surface area is 135 Å². The first-order chi connectivity index (χ1) is 11.2. The summed E-state index contributed by atoms with van der Waals surface area (Å²) in [6.45, 7) is 4.11. The lowest BCUT2D eigenvalue weighted by Gasteiger charge is -2.39. The zero-order valence-corrected chi connectivity index (χ0v) is 13.4. The fourth-order valence-electron chi connectivity index (χ4n) is 3.16. The molecule has 0 aromatic carbocycles. The number of hydrogen-bond donors (Lipinski definition) is 1. The number of carbonyl (C=O) groups is 1. The van der Waals surface area contributed by atoms with Crippen molar-refractivity contribution < 1.29 is 9.21 Å². The summed E-state index contributed by atoms with van der Waals surface area (Å²) in [4.78, 5) is 18.7. The number of nitrogens with zero attached hydrogens (tertiary/aromatic N) is 4. The van der Waals surface area contributed by atoms with E-state index in [1.165, 1.54) is 6.42 Å². The Hall–Kier alpha value is -2.15. The van der Waals surface area contributed by atoms with Crippen LogP contribution in [0.5, 0.6) is 0 Å². The van der Waals surface area contributed by atoms with E-state index in [1.807, 2.05) is 23.7 Å². The molecule has 2 atom stereocenters. The highest BCUT2D eigenvalue weighted by Crippen LogP contribution is 2.21. The molecule has 1 fully saturated rings. The minimum absolute atomic E-state index is 0.0342. The van der Waals surface area contributed by atoms with Gasteiger partial charge in [-0.15, -0.1) is 0 Å². The van der Waals surface area contributed by atoms with Crippen molar-refractivity contribution in [3.63, 3.8) is 0 Å². The molecule has 7 heteroatoms. The van der Waals surface area contributed by atoms with Crippen LogP contribution >= 0.6 is 0 Å². The molecule has 0 aliphatic carbocycles. The average Bonchev–Trinajstić information content (AvgIpc) is 3.26. The lowest BCUT2D eigenvalue weighted by molar-refractivity contribution is -0.127. The van der Waals surface area contributed by atoms with Gasteiger partial charge in [-0.2, -0.15) is 5.10 Å². The van der Waals surface area contributed by atoms with E-state index in [1.54, 1.807) is 18.9 Å². The van der Waals surface area contributed by atoms with Crippen molar-refractivity contribution in [3.05, 3.63) is 36.8 Å². The van der Waals surface area contributed by atoms with Crippen molar-refractivity contribution in [1.29, 1.82) is 0 Å². The Balaban J connectivity index is 1.58. The van der Waals surface area contributed by atoms with Crippen LogP contribution in [-0.2, 0) is 17.9 Å². The van der Waals surface area contributed by atoms with E-state index in [4.69, 9.17) is 4.42 Å². The van der Waals surface area contributed by atoms with E-state index < -0.39 is 0 Å². The Kier molecular flexibility index (Phi) is 5.07. The summed E-state index contributed by atoms with van der Waals surface area (Å²) in [6, 6.07) is 3.83. The molecule has 1 aliphatic heterocycles. The highest BCUT2D eigenvalue weighted by Gasteiger charge is 2.30. The molecular weight excluding hydrogens is 294 g/mol. The quantitative estimate of drug-likeness (QED) is 0.872. The van der Waals surface area contributed by atoms with Gasteiger partial charge in [-0.1, -0.05) is 6.42 Å². The number of furan rings is 1. The maximum Gasteiger partial charge on any atom is 0.237 e. The monoisotopic (exact) mass is 317 g/mol. The Morgan fingerprint density at radius 3 is 3.17 bits per heavy atom. The predicted octanol–water partition coefficient (Wildman–Crippen LogP) is 1.43. The minimum Gasteiger partial charge on any atom is -0.467 e. The first-order valence-electron chi connectivity index (χ1n) is 8.12. The third kappa shape index (κ3) is 3.98. The van der Waals surface area contributed by atoms with Crippen molar-refractivity contribution in [2.45, 2.75) is 51.4 Å². The van der Waals surface area contributed by atoms with E-state index in [-0.39, 0.29) is 11.9 Å². The smallest absolute Gasteiger partial charge is 0.237 e. The Morgan fingerprint density at radius 2 is 2.43 bits per heavy atom. The Morgan fingerprint density at radius 1 is 1.52 bits per heavy atom. The second-order valence-electron chi connectivity index (χ2n) is 5.98. The second-order valence-corrected chi connectivity index (χ2v) is 5.98. The van der Waals surface area contributed by atoms with Crippen LogP contribution < -0.4 is 5.32 Å². The van der Waals surface area contributed by atoms with E-state index in [9.17, 15) is 4.79 Å². The number of rotatable bonds is 6. The molecule has 1 aliphatic rings. The first kappa shape index (κ1) is 15.7. The van der Waals surface area contributed by atoms with Crippen LogP contribution in [0.15, 0.2) is 35.5 Å². The zero-order valence-electron chi connectivity index (χ0n) is 13.4. The third-order valence-electron chi connectivity index (χ3n) is 4.43. The molecule has 0 saturated carbocycles. The number of nitrogens with one attached hydrogen (secondary N) is 1. The third-order valence-corrected chi connectivity index (χ3v) is 4.43. The SMILES string of the molecule is C[C@@H](C(=O)NCc1ccco1)N1CCCC[C@@H]1Cn1cncn1. The lowest BCUT2D eigenvalue weighted by Crippen LogP contribution is -2.52. The highest BCUT2D eigenvalue weighted by molar-refractivity contribution is 5.81. The van der Waals surface area contributed by atoms with Gasteiger partial charge in [0.25, 0.3) is 0 Å². The van der Waals surface area contributed by atoms with E-state index in [0.29, 0.717) is 12.6 Å². The molecule has 0 unspecified atom stereocenters. The maximum absolute atomic E-state index is 12.5. The minimum atomic E-state index is -0.168. The highest BCUT2D eigenvalue weighted by atomic mass is 16.3. The Bertz CT molecular complexity index is 596. The van der Waals surface area contributed by atoms with Gasteiger partial charge in [0.2, 0.25) is 5.91 Å². The molecule has 3 rings (SSSR count). The van der Waals surface area contributed by atoms with Gasteiger partial charge < -0.3 is 9.73 Å². The van der Waals surface area contributed by atoms with Gasteiger partial charge in [0.05, 0.1) is 25.4 Å². The fraction of sp³-hybridized carbons (Fsp3) is 0.562. The van der Waals surface area contributed by atoms with Crippen LogP contribution in [-0.4, -0.2) is 44.2 Å². The lowest BCUT2D eigenvalue weighted by atomic mass is 9.99. The summed E-state index contributed by atoms with van der Waals surface area (Å²) in [5.41, 5.74) is 0. The molecule has 0 bridgehead atoms. The number of carbonyl (C=O) groups excluding carboxylic acids is 1. The molecule has 1 N–H and O–H groups in total. The molecule has 3 heterocycles. The molecule has 1 saturated heterocycles. The van der Waals surface area contributed by atoms with Crippen LogP contribution in [0.2, 0.25) is 0 Å². The number of hydrogen-bond acceptors (Lipinski definition) is 5. The van der Waals surface area contributed by atoms with Gasteiger partial charge in [-0.3, -0.25) is 14.4 Å². The van der Waals surface area contributed by atoms with Gasteiger partial charge in [-0.05, 0) is 38.4 Å². The summed E-state index contributed by atoms with van der Waals surface area (Å²) in [5.74, 6) is 0.801. The largest absolute Gasteiger partial charge is 0.467 e. The summed E-state index contributed by atoms with van der Waals surface area (Å²) < 4.78 is 7.10. The summed E-state index contributed by atoms with van der Waals surface area (Å²) >= 11 is 0. The van der Waals surface area contributed by atoms with E-state index in [0.717, 1.165) is 31.7 Å². The van der Waals surface area contributed by atoms with Crippen molar-refractivity contribution in [2.24, 2.45) is 0 Å². The van der Waals surface area contributed by atoms with Crippen molar-refractivity contribution in [2.75, 3.05) is 6.54 Å². The molecule has 23 heavy (non-hydrogen) atoms. The first-order valence-corrected chi connectivity index (χ1v) is 8.12. The van der Waals surface area contributed by atoms with Crippen LogP contribution in [0.25, 0.3) is 0 Å².